The number of aromatic hydroxyl groups is 1. The fourth-order valence-corrected chi connectivity index (χ4v) is 1.34. The molecule has 0 aliphatic heterocycles. The number of hydrogen-bond acceptors (Lipinski definition) is 5. The van der Waals surface area contributed by atoms with Crippen LogP contribution in [0, 0.1) is 0 Å². The highest BCUT2D eigenvalue weighted by Crippen LogP contribution is 2.15. The second kappa shape index (κ2) is 5.87. The molecule has 98 valence electrons. The molecule has 0 radical (unpaired) electrons. The maximum absolute atomic E-state index is 11.0. The van der Waals surface area contributed by atoms with Gasteiger partial charge in [0.25, 0.3) is 0 Å². The summed E-state index contributed by atoms with van der Waals surface area (Å²) < 4.78 is 0. The summed E-state index contributed by atoms with van der Waals surface area (Å²) in [6, 6.07) is 3.38. The number of phenols is 1. The van der Waals surface area contributed by atoms with Crippen molar-refractivity contribution in [1.82, 2.24) is 0 Å². The van der Waals surface area contributed by atoms with Crippen LogP contribution < -0.4 is 11.1 Å². The van der Waals surface area contributed by atoms with Gasteiger partial charge in [-0.2, -0.15) is 0 Å². The van der Waals surface area contributed by atoms with Crippen LogP contribution in [0.2, 0.25) is 0 Å². The molecule has 1 rings (SSSR count). The average Bonchev–Trinajstić information content (AvgIpc) is 2.30. The molecule has 0 bridgehead atoms. The molecule has 0 saturated carbocycles. The quantitative estimate of drug-likeness (QED) is 0.453. The summed E-state index contributed by atoms with van der Waals surface area (Å²) in [5.41, 5.74) is 5.75. The molecule has 0 aliphatic rings. The van der Waals surface area contributed by atoms with E-state index in [0.717, 1.165) is 0 Å². The van der Waals surface area contributed by atoms with Crippen molar-refractivity contribution in [3.63, 3.8) is 0 Å². The molecule has 7 heteroatoms. The van der Waals surface area contributed by atoms with Crippen molar-refractivity contribution in [1.29, 1.82) is 0 Å². The average molecular weight is 254 g/mol. The molecule has 0 aliphatic carbocycles. The van der Waals surface area contributed by atoms with Crippen molar-refractivity contribution in [2.24, 2.45) is 5.73 Å². The Labute approximate surface area is 103 Å². The Morgan fingerprint density at radius 2 is 1.72 bits per heavy atom. The molecule has 7 nitrogen and oxygen atoms in total. The van der Waals surface area contributed by atoms with E-state index in [-0.39, 0.29) is 12.2 Å². The minimum atomic E-state index is -1.26. The van der Waals surface area contributed by atoms with Crippen molar-refractivity contribution >= 4 is 17.6 Å². The SMILES string of the molecule is N[C@@H](CC(Nc1ccc(O)cc1)C(=O)O)C(=O)O. The lowest BCUT2D eigenvalue weighted by molar-refractivity contribution is -0.140. The fraction of sp³-hybridized carbons (Fsp3) is 0.273. The molecule has 18 heavy (non-hydrogen) atoms. The van der Waals surface area contributed by atoms with Crippen LogP contribution in [0.1, 0.15) is 6.42 Å². The minimum absolute atomic E-state index is 0.0506. The standard InChI is InChI=1S/C11H14N2O5/c12-8(10(15)16)5-9(11(17)18)13-6-1-3-7(14)4-2-6/h1-4,8-9,13-14H,5,12H2,(H,15,16)(H,17,18)/t8-,9?/m0/s1. The molecular weight excluding hydrogens is 240 g/mol. The van der Waals surface area contributed by atoms with Crippen LogP contribution >= 0.6 is 0 Å². The lowest BCUT2D eigenvalue weighted by atomic mass is 10.1. The Morgan fingerprint density at radius 1 is 1.17 bits per heavy atom. The smallest absolute Gasteiger partial charge is 0.326 e. The number of hydrogen-bond donors (Lipinski definition) is 5. The highest BCUT2D eigenvalue weighted by atomic mass is 16.4. The Kier molecular flexibility index (Phi) is 4.50. The maximum atomic E-state index is 11.0. The predicted molar refractivity (Wildman–Crippen MR) is 63.4 cm³/mol. The van der Waals surface area contributed by atoms with E-state index in [9.17, 15) is 9.59 Å². The van der Waals surface area contributed by atoms with Gasteiger partial charge in [-0.25, -0.2) is 4.79 Å². The third kappa shape index (κ3) is 3.95. The summed E-state index contributed by atoms with van der Waals surface area (Å²) in [4.78, 5) is 21.5. The summed E-state index contributed by atoms with van der Waals surface area (Å²) in [5.74, 6) is -2.40. The van der Waals surface area contributed by atoms with Gasteiger partial charge in [0, 0.05) is 12.1 Å². The monoisotopic (exact) mass is 254 g/mol. The molecule has 1 unspecified atom stereocenters. The van der Waals surface area contributed by atoms with Crippen molar-refractivity contribution in [2.75, 3.05) is 5.32 Å². The van der Waals surface area contributed by atoms with E-state index in [4.69, 9.17) is 21.1 Å². The van der Waals surface area contributed by atoms with E-state index >= 15 is 0 Å². The zero-order valence-electron chi connectivity index (χ0n) is 9.41. The van der Waals surface area contributed by atoms with Crippen molar-refractivity contribution in [3.05, 3.63) is 24.3 Å². The predicted octanol–water partition coefficient (Wildman–Crippen LogP) is 0.0593. The number of anilines is 1. The number of carboxylic acids is 2. The van der Waals surface area contributed by atoms with Gasteiger partial charge in [-0.15, -0.1) is 0 Å². The number of phenolic OH excluding ortho intramolecular Hbond substituents is 1. The van der Waals surface area contributed by atoms with E-state index in [1.807, 2.05) is 0 Å². The van der Waals surface area contributed by atoms with E-state index < -0.39 is 24.0 Å². The van der Waals surface area contributed by atoms with Gasteiger partial charge in [0.05, 0.1) is 0 Å². The first-order chi connectivity index (χ1) is 8.40. The van der Waals surface area contributed by atoms with Crippen LogP contribution in [-0.2, 0) is 9.59 Å². The first kappa shape index (κ1) is 13.8. The molecule has 0 amide bonds. The van der Waals surface area contributed by atoms with Crippen molar-refractivity contribution < 1.29 is 24.9 Å². The second-order valence-electron chi connectivity index (χ2n) is 3.76. The Balaban J connectivity index is 2.71. The first-order valence-corrected chi connectivity index (χ1v) is 5.17. The maximum Gasteiger partial charge on any atom is 0.326 e. The topological polar surface area (TPSA) is 133 Å². The summed E-state index contributed by atoms with van der Waals surface area (Å²) in [6.45, 7) is 0. The highest BCUT2D eigenvalue weighted by molar-refractivity contribution is 5.80. The molecule has 0 aromatic heterocycles. The number of carbonyl (C=O) groups is 2. The van der Waals surface area contributed by atoms with E-state index in [1.54, 1.807) is 0 Å². The Bertz CT molecular complexity index is 432. The molecule has 1 aromatic carbocycles. The van der Waals surface area contributed by atoms with Crippen LogP contribution in [0.25, 0.3) is 0 Å². The van der Waals surface area contributed by atoms with Crippen LogP contribution in [0.4, 0.5) is 5.69 Å². The van der Waals surface area contributed by atoms with Gasteiger partial charge in [0.2, 0.25) is 0 Å². The number of nitrogens with one attached hydrogen (secondary N) is 1. The molecule has 2 atom stereocenters. The molecule has 1 aromatic rings. The molecule has 0 heterocycles. The number of carboxylic acid groups (broad SMARTS) is 2. The first-order valence-electron chi connectivity index (χ1n) is 5.17. The van der Waals surface area contributed by atoms with Crippen LogP contribution in [-0.4, -0.2) is 39.3 Å². The number of rotatable bonds is 6. The molecule has 0 spiro atoms. The van der Waals surface area contributed by atoms with E-state index in [1.165, 1.54) is 24.3 Å². The Hall–Kier alpha value is -2.28. The van der Waals surface area contributed by atoms with Crippen LogP contribution in [0.5, 0.6) is 5.75 Å². The number of benzene rings is 1. The third-order valence-corrected chi connectivity index (χ3v) is 2.31. The summed E-state index contributed by atoms with van der Waals surface area (Å²) in [6.07, 6.45) is -0.245. The fourth-order valence-electron chi connectivity index (χ4n) is 1.34. The summed E-state index contributed by atoms with van der Waals surface area (Å²) in [5, 5.41) is 29.3. The number of aliphatic carboxylic acids is 2. The van der Waals surface area contributed by atoms with Gasteiger partial charge < -0.3 is 26.4 Å². The van der Waals surface area contributed by atoms with Gasteiger partial charge in [-0.1, -0.05) is 0 Å². The van der Waals surface area contributed by atoms with Gasteiger partial charge in [-0.05, 0) is 24.3 Å². The highest BCUT2D eigenvalue weighted by Gasteiger charge is 2.24. The van der Waals surface area contributed by atoms with E-state index in [0.29, 0.717) is 5.69 Å². The van der Waals surface area contributed by atoms with Crippen molar-refractivity contribution in [2.45, 2.75) is 18.5 Å². The minimum Gasteiger partial charge on any atom is -0.508 e. The van der Waals surface area contributed by atoms with Gasteiger partial charge in [0.1, 0.15) is 17.8 Å². The molecule has 6 N–H and O–H groups in total. The zero-order valence-corrected chi connectivity index (χ0v) is 9.41. The normalized spacial score (nSPS) is 13.6. The van der Waals surface area contributed by atoms with Gasteiger partial charge >= 0.3 is 11.9 Å². The summed E-state index contributed by atoms with van der Waals surface area (Å²) >= 11 is 0. The Morgan fingerprint density at radius 3 is 2.17 bits per heavy atom. The summed E-state index contributed by atoms with van der Waals surface area (Å²) in [7, 11) is 0. The largest absolute Gasteiger partial charge is 0.508 e. The number of nitrogens with two attached hydrogens (primary N) is 1. The second-order valence-corrected chi connectivity index (χ2v) is 3.76. The third-order valence-electron chi connectivity index (χ3n) is 2.31. The molecule has 0 fully saturated rings. The van der Waals surface area contributed by atoms with Crippen LogP contribution in [0.3, 0.4) is 0 Å². The molecular formula is C11H14N2O5. The van der Waals surface area contributed by atoms with E-state index in [2.05, 4.69) is 5.32 Å². The lowest BCUT2D eigenvalue weighted by Gasteiger charge is -2.17. The van der Waals surface area contributed by atoms with Crippen LogP contribution in [0.15, 0.2) is 24.3 Å². The zero-order chi connectivity index (χ0) is 13.7. The van der Waals surface area contributed by atoms with Gasteiger partial charge in [0.15, 0.2) is 0 Å². The lowest BCUT2D eigenvalue weighted by Crippen LogP contribution is -2.40. The van der Waals surface area contributed by atoms with Gasteiger partial charge in [-0.3, -0.25) is 4.79 Å². The molecule has 0 saturated heterocycles. The van der Waals surface area contributed by atoms with Crippen molar-refractivity contribution in [3.8, 4) is 5.75 Å².